The number of carbonyl (C=O) groups excluding carboxylic acids is 1. The Morgan fingerprint density at radius 3 is 2.41 bits per heavy atom. The number of aromatic nitrogens is 1. The highest BCUT2D eigenvalue weighted by molar-refractivity contribution is 7.89. The van der Waals surface area contributed by atoms with Crippen LogP contribution >= 0.6 is 0 Å². The lowest BCUT2D eigenvalue weighted by Crippen LogP contribution is -2.29. The minimum absolute atomic E-state index is 0.00965. The Kier molecular flexibility index (Phi) is 5.04. The molecule has 0 fully saturated rings. The van der Waals surface area contributed by atoms with Gasteiger partial charge in [0, 0.05) is 10.9 Å². The van der Waals surface area contributed by atoms with Gasteiger partial charge in [-0.1, -0.05) is 18.2 Å². The molecular formula is C18H14F2N2O4S. The highest BCUT2D eigenvalue weighted by Gasteiger charge is 2.17. The number of rotatable bonds is 5. The van der Waals surface area contributed by atoms with Crippen molar-refractivity contribution in [2.24, 2.45) is 0 Å². The van der Waals surface area contributed by atoms with E-state index in [0.29, 0.717) is 22.2 Å². The van der Waals surface area contributed by atoms with Crippen LogP contribution in [0.2, 0.25) is 0 Å². The van der Waals surface area contributed by atoms with Gasteiger partial charge in [-0.05, 0) is 36.4 Å². The van der Waals surface area contributed by atoms with Crippen molar-refractivity contribution < 1.29 is 26.7 Å². The summed E-state index contributed by atoms with van der Waals surface area (Å²) in [4.78, 5) is 16.9. The van der Waals surface area contributed by atoms with Crippen molar-refractivity contribution in [3.8, 4) is 17.0 Å². The molecule has 3 rings (SSSR count). The number of hydrogen-bond donors (Lipinski definition) is 1. The van der Waals surface area contributed by atoms with Crippen LogP contribution in [-0.4, -0.2) is 32.2 Å². The topological polar surface area (TPSA) is 85.4 Å². The molecule has 0 saturated carbocycles. The molecule has 0 atom stereocenters. The van der Waals surface area contributed by atoms with Crippen molar-refractivity contribution in [3.63, 3.8) is 0 Å². The second-order valence-electron chi connectivity index (χ2n) is 5.68. The SMILES string of the molecule is CS(=O)(=O)NC(=O)c1cc(-c2ccc(OC(F)F)cc2)nc2ccccc12. The van der Waals surface area contributed by atoms with Gasteiger partial charge in [0.05, 0.1) is 23.0 Å². The highest BCUT2D eigenvalue weighted by Crippen LogP contribution is 2.27. The number of ether oxygens (including phenoxy) is 1. The number of benzene rings is 2. The fourth-order valence-electron chi connectivity index (χ4n) is 2.54. The van der Waals surface area contributed by atoms with Crippen LogP contribution in [0.4, 0.5) is 8.78 Å². The van der Waals surface area contributed by atoms with Gasteiger partial charge in [0.2, 0.25) is 10.0 Å². The van der Waals surface area contributed by atoms with Crippen molar-refractivity contribution in [2.45, 2.75) is 6.61 Å². The maximum Gasteiger partial charge on any atom is 0.387 e. The molecule has 0 radical (unpaired) electrons. The van der Waals surface area contributed by atoms with Crippen molar-refractivity contribution in [2.75, 3.05) is 6.26 Å². The number of nitrogens with one attached hydrogen (secondary N) is 1. The monoisotopic (exact) mass is 392 g/mol. The molecule has 2 aromatic carbocycles. The Labute approximate surface area is 153 Å². The van der Waals surface area contributed by atoms with Gasteiger partial charge in [-0.3, -0.25) is 4.79 Å². The average Bonchev–Trinajstić information content (AvgIpc) is 2.59. The van der Waals surface area contributed by atoms with E-state index in [2.05, 4.69) is 9.72 Å². The van der Waals surface area contributed by atoms with E-state index in [4.69, 9.17) is 0 Å². The molecule has 0 unspecified atom stereocenters. The summed E-state index contributed by atoms with van der Waals surface area (Å²) in [6.07, 6.45) is 0.886. The number of pyridine rings is 1. The molecular weight excluding hydrogens is 378 g/mol. The molecule has 0 saturated heterocycles. The molecule has 1 aromatic heterocycles. The number of alkyl halides is 2. The predicted molar refractivity (Wildman–Crippen MR) is 96.1 cm³/mol. The number of para-hydroxylation sites is 1. The average molecular weight is 392 g/mol. The molecule has 1 N–H and O–H groups in total. The molecule has 27 heavy (non-hydrogen) atoms. The summed E-state index contributed by atoms with van der Waals surface area (Å²) in [5.74, 6) is -0.792. The second-order valence-corrected chi connectivity index (χ2v) is 7.43. The predicted octanol–water partition coefficient (Wildman–Crippen LogP) is 3.19. The van der Waals surface area contributed by atoms with E-state index in [1.165, 1.54) is 30.3 Å². The Balaban J connectivity index is 2.08. The maximum absolute atomic E-state index is 12.4. The number of sulfonamides is 1. The molecule has 0 aliphatic carbocycles. The summed E-state index contributed by atoms with van der Waals surface area (Å²) in [6.45, 7) is -2.93. The molecule has 0 bridgehead atoms. The summed E-state index contributed by atoms with van der Waals surface area (Å²) in [5.41, 5.74) is 1.56. The van der Waals surface area contributed by atoms with Crippen LogP contribution in [0.1, 0.15) is 10.4 Å². The zero-order chi connectivity index (χ0) is 19.6. The van der Waals surface area contributed by atoms with Crippen LogP contribution in [0.5, 0.6) is 5.75 Å². The van der Waals surface area contributed by atoms with Crippen LogP contribution in [0.3, 0.4) is 0 Å². The Bertz CT molecular complexity index is 1100. The molecule has 0 aliphatic heterocycles. The first-order chi connectivity index (χ1) is 12.7. The molecule has 1 amide bonds. The molecule has 9 heteroatoms. The molecule has 0 spiro atoms. The van der Waals surface area contributed by atoms with Crippen molar-refractivity contribution >= 4 is 26.8 Å². The summed E-state index contributed by atoms with van der Waals surface area (Å²) >= 11 is 0. The van der Waals surface area contributed by atoms with Gasteiger partial charge in [-0.25, -0.2) is 18.1 Å². The Morgan fingerprint density at radius 2 is 1.78 bits per heavy atom. The third kappa shape index (κ3) is 4.56. The van der Waals surface area contributed by atoms with E-state index in [-0.39, 0.29) is 11.3 Å². The number of hydrogen-bond acceptors (Lipinski definition) is 5. The van der Waals surface area contributed by atoms with E-state index in [0.717, 1.165) is 6.26 Å². The van der Waals surface area contributed by atoms with Crippen LogP contribution in [0.15, 0.2) is 54.6 Å². The minimum Gasteiger partial charge on any atom is -0.435 e. The Hall–Kier alpha value is -3.07. The van der Waals surface area contributed by atoms with Crippen LogP contribution in [0, 0.1) is 0 Å². The number of nitrogens with zero attached hydrogens (tertiary/aromatic N) is 1. The van der Waals surface area contributed by atoms with E-state index >= 15 is 0 Å². The van der Waals surface area contributed by atoms with Gasteiger partial charge in [-0.15, -0.1) is 0 Å². The standard InChI is InChI=1S/C18H14F2N2O4S/c1-27(24,25)22-17(23)14-10-16(21-15-5-3-2-4-13(14)15)11-6-8-12(9-7-11)26-18(19)20/h2-10,18H,1H3,(H,22,23). The van der Waals surface area contributed by atoms with Crippen molar-refractivity contribution in [1.29, 1.82) is 0 Å². The van der Waals surface area contributed by atoms with Crippen molar-refractivity contribution in [3.05, 3.63) is 60.2 Å². The molecule has 6 nitrogen and oxygen atoms in total. The lowest BCUT2D eigenvalue weighted by molar-refractivity contribution is -0.0498. The molecule has 0 aliphatic rings. The third-order valence-corrected chi connectivity index (χ3v) is 4.17. The number of fused-ring (bicyclic) bond motifs is 1. The van der Waals surface area contributed by atoms with Gasteiger partial charge in [0.1, 0.15) is 5.75 Å². The summed E-state index contributed by atoms with van der Waals surface area (Å²) < 4.78 is 53.6. The summed E-state index contributed by atoms with van der Waals surface area (Å²) in [5, 5.41) is 0.486. The molecule has 140 valence electrons. The summed E-state index contributed by atoms with van der Waals surface area (Å²) in [6, 6.07) is 14.0. The van der Waals surface area contributed by atoms with Crippen LogP contribution < -0.4 is 9.46 Å². The fourth-order valence-corrected chi connectivity index (χ4v) is 2.99. The largest absolute Gasteiger partial charge is 0.435 e. The minimum atomic E-state index is -3.74. The van der Waals surface area contributed by atoms with E-state index < -0.39 is 22.5 Å². The van der Waals surface area contributed by atoms with E-state index in [1.54, 1.807) is 24.3 Å². The fraction of sp³-hybridized carbons (Fsp3) is 0.111. The van der Waals surface area contributed by atoms with Gasteiger partial charge in [0.15, 0.2) is 0 Å². The highest BCUT2D eigenvalue weighted by atomic mass is 32.2. The smallest absolute Gasteiger partial charge is 0.387 e. The van der Waals surface area contributed by atoms with Gasteiger partial charge in [0.25, 0.3) is 5.91 Å². The third-order valence-electron chi connectivity index (χ3n) is 3.61. The summed E-state index contributed by atoms with van der Waals surface area (Å²) in [7, 11) is -3.74. The zero-order valence-corrected chi connectivity index (χ0v) is 14.8. The quantitative estimate of drug-likeness (QED) is 0.721. The number of halogens is 2. The van der Waals surface area contributed by atoms with Crippen LogP contribution in [0.25, 0.3) is 22.2 Å². The first kappa shape index (κ1) is 18.7. The van der Waals surface area contributed by atoms with Gasteiger partial charge < -0.3 is 4.74 Å². The van der Waals surface area contributed by atoms with Crippen molar-refractivity contribution in [1.82, 2.24) is 9.71 Å². The van der Waals surface area contributed by atoms with E-state index in [9.17, 15) is 22.0 Å². The maximum atomic E-state index is 12.4. The van der Waals surface area contributed by atoms with Gasteiger partial charge in [-0.2, -0.15) is 8.78 Å². The first-order valence-corrected chi connectivity index (χ1v) is 9.59. The normalized spacial score (nSPS) is 11.6. The van der Waals surface area contributed by atoms with E-state index in [1.807, 2.05) is 4.72 Å². The lowest BCUT2D eigenvalue weighted by atomic mass is 10.0. The zero-order valence-electron chi connectivity index (χ0n) is 14.0. The molecule has 1 heterocycles. The second kappa shape index (κ2) is 7.28. The number of amides is 1. The number of carbonyl (C=O) groups is 1. The Morgan fingerprint density at radius 1 is 1.11 bits per heavy atom. The lowest BCUT2D eigenvalue weighted by Gasteiger charge is -2.10. The first-order valence-electron chi connectivity index (χ1n) is 7.70. The van der Waals surface area contributed by atoms with Gasteiger partial charge >= 0.3 is 6.61 Å². The molecule has 3 aromatic rings. The van der Waals surface area contributed by atoms with Crippen LogP contribution in [-0.2, 0) is 10.0 Å².